The maximum Gasteiger partial charge on any atom is 0.0588 e. The molecule has 0 radical (unpaired) electrons. The van der Waals surface area contributed by atoms with E-state index in [0.717, 1.165) is 19.0 Å². The Bertz CT molecular complexity index is 556. The predicted molar refractivity (Wildman–Crippen MR) is 103 cm³/mol. The minimum Gasteiger partial charge on any atom is -0.395 e. The number of benzene rings is 1. The molecule has 0 amide bonds. The van der Waals surface area contributed by atoms with Gasteiger partial charge < -0.3 is 20.2 Å². The van der Waals surface area contributed by atoms with Crippen molar-refractivity contribution in [3.63, 3.8) is 0 Å². The number of hydrogen-bond donors (Lipinski definition) is 2. The van der Waals surface area contributed by atoms with Gasteiger partial charge in [0.2, 0.25) is 0 Å². The molecule has 3 aliphatic heterocycles. The quantitative estimate of drug-likeness (QED) is 0.879. The highest BCUT2D eigenvalue weighted by Gasteiger charge is 2.50. The summed E-state index contributed by atoms with van der Waals surface area (Å²) in [5.41, 5.74) is 1.34. The third-order valence-electron chi connectivity index (χ3n) is 6.93. The van der Waals surface area contributed by atoms with Gasteiger partial charge in [-0.25, -0.2) is 0 Å². The zero-order valence-corrected chi connectivity index (χ0v) is 15.6. The summed E-state index contributed by atoms with van der Waals surface area (Å²) in [5, 5.41) is 13.7. The fourth-order valence-electron chi connectivity index (χ4n) is 5.47. The van der Waals surface area contributed by atoms with E-state index in [1.807, 2.05) is 0 Å². The number of hydrogen-bond acceptors (Lipinski definition) is 4. The van der Waals surface area contributed by atoms with Gasteiger partial charge in [0, 0.05) is 36.9 Å². The third-order valence-corrected chi connectivity index (χ3v) is 6.93. The van der Waals surface area contributed by atoms with Crippen LogP contribution < -0.4 is 10.2 Å². The number of rotatable bonds is 4. The Morgan fingerprint density at radius 3 is 2.40 bits per heavy atom. The van der Waals surface area contributed by atoms with Gasteiger partial charge in [0.15, 0.2) is 0 Å². The van der Waals surface area contributed by atoms with E-state index in [1.54, 1.807) is 0 Å². The number of anilines is 1. The van der Waals surface area contributed by atoms with Crippen molar-refractivity contribution in [2.24, 2.45) is 17.8 Å². The molecule has 3 saturated heterocycles. The molecule has 3 heterocycles. The molecule has 4 heteroatoms. The summed E-state index contributed by atoms with van der Waals surface area (Å²) in [6.07, 6.45) is 2.59. The summed E-state index contributed by atoms with van der Waals surface area (Å²) in [6.45, 7) is 9.54. The molecule has 0 spiro atoms. The lowest BCUT2D eigenvalue weighted by Gasteiger charge is -2.38. The standard InChI is InChI=1S/C21H33N3O/c1-15(2)23-10-8-16(9-11-23)21-19-13-24(17-6-4-3-5-7-17)12-18(19)20(14-25)22-21/h3-7,15-16,18-22,25H,8-14H2,1-2H3/t18-,19+,20-,21+/m0/s1. The van der Waals surface area contributed by atoms with E-state index in [4.69, 9.17) is 0 Å². The molecule has 2 N–H and O–H groups in total. The zero-order valence-electron chi connectivity index (χ0n) is 15.6. The highest BCUT2D eigenvalue weighted by molar-refractivity contribution is 5.47. The van der Waals surface area contributed by atoms with Gasteiger partial charge in [-0.15, -0.1) is 0 Å². The summed E-state index contributed by atoms with van der Waals surface area (Å²) >= 11 is 0. The second-order valence-corrected chi connectivity index (χ2v) is 8.52. The first-order valence-corrected chi connectivity index (χ1v) is 10.1. The number of aliphatic hydroxyl groups excluding tert-OH is 1. The van der Waals surface area contributed by atoms with Crippen LogP contribution in [-0.4, -0.2) is 60.9 Å². The first-order chi connectivity index (χ1) is 12.2. The molecule has 3 fully saturated rings. The average molecular weight is 344 g/mol. The molecule has 1 aromatic carbocycles. The second kappa shape index (κ2) is 7.26. The van der Waals surface area contributed by atoms with Crippen LogP contribution in [-0.2, 0) is 0 Å². The number of nitrogens with zero attached hydrogens (tertiary/aromatic N) is 2. The highest BCUT2D eigenvalue weighted by atomic mass is 16.3. The molecular formula is C21H33N3O. The van der Waals surface area contributed by atoms with Crippen molar-refractivity contribution in [2.75, 3.05) is 37.7 Å². The number of aliphatic hydroxyl groups is 1. The Kier molecular flexibility index (Phi) is 5.03. The molecule has 1 aromatic rings. The first-order valence-electron chi connectivity index (χ1n) is 10.1. The fourth-order valence-corrected chi connectivity index (χ4v) is 5.47. The summed E-state index contributed by atoms with van der Waals surface area (Å²) in [7, 11) is 0. The molecule has 25 heavy (non-hydrogen) atoms. The lowest BCUT2D eigenvalue weighted by Crippen LogP contribution is -2.47. The van der Waals surface area contributed by atoms with E-state index >= 15 is 0 Å². The number of fused-ring (bicyclic) bond motifs is 1. The summed E-state index contributed by atoms with van der Waals surface area (Å²) in [6, 6.07) is 12.3. The van der Waals surface area contributed by atoms with E-state index in [2.05, 4.69) is 59.3 Å². The molecule has 0 unspecified atom stereocenters. The number of nitrogens with one attached hydrogen (secondary N) is 1. The van der Waals surface area contributed by atoms with Crippen LogP contribution in [0.4, 0.5) is 5.69 Å². The van der Waals surface area contributed by atoms with Crippen molar-refractivity contribution < 1.29 is 5.11 Å². The van der Waals surface area contributed by atoms with Crippen molar-refractivity contribution >= 4 is 5.69 Å². The van der Waals surface area contributed by atoms with Gasteiger partial charge in [0.1, 0.15) is 0 Å². The van der Waals surface area contributed by atoms with E-state index in [0.29, 0.717) is 23.9 Å². The number of likely N-dealkylation sites (tertiary alicyclic amines) is 1. The molecular weight excluding hydrogens is 310 g/mol. The SMILES string of the molecule is CC(C)N1CCC([C@H]2N[C@@H](CO)[C@H]3CN(c4ccccc4)C[C@H]32)CC1. The minimum absolute atomic E-state index is 0.269. The Hall–Kier alpha value is -1.10. The smallest absolute Gasteiger partial charge is 0.0588 e. The normalized spacial score (nSPS) is 34.0. The van der Waals surface area contributed by atoms with Crippen LogP contribution in [0.5, 0.6) is 0 Å². The van der Waals surface area contributed by atoms with Crippen molar-refractivity contribution in [3.8, 4) is 0 Å². The van der Waals surface area contributed by atoms with Crippen molar-refractivity contribution in [2.45, 2.75) is 44.8 Å². The molecule has 3 aliphatic rings. The van der Waals surface area contributed by atoms with Gasteiger partial charge in [0.25, 0.3) is 0 Å². The van der Waals surface area contributed by atoms with Crippen molar-refractivity contribution in [1.29, 1.82) is 0 Å². The molecule has 4 atom stereocenters. The zero-order chi connectivity index (χ0) is 17.4. The molecule has 0 aromatic heterocycles. The minimum atomic E-state index is 0.269. The molecule has 0 saturated carbocycles. The molecule has 0 aliphatic carbocycles. The average Bonchev–Trinajstić information content (AvgIpc) is 3.22. The van der Waals surface area contributed by atoms with Gasteiger partial charge in [-0.3, -0.25) is 0 Å². The van der Waals surface area contributed by atoms with Crippen LogP contribution in [0.15, 0.2) is 30.3 Å². The van der Waals surface area contributed by atoms with E-state index in [1.165, 1.54) is 31.6 Å². The Morgan fingerprint density at radius 2 is 1.76 bits per heavy atom. The number of piperidine rings is 1. The molecule has 0 bridgehead atoms. The van der Waals surface area contributed by atoms with Crippen LogP contribution in [0.2, 0.25) is 0 Å². The van der Waals surface area contributed by atoms with Gasteiger partial charge in [-0.1, -0.05) is 18.2 Å². The fraction of sp³-hybridized carbons (Fsp3) is 0.714. The summed E-state index contributed by atoms with van der Waals surface area (Å²) in [4.78, 5) is 5.15. The lowest BCUT2D eigenvalue weighted by molar-refractivity contribution is 0.123. The topological polar surface area (TPSA) is 38.7 Å². The van der Waals surface area contributed by atoms with Crippen LogP contribution in [0.1, 0.15) is 26.7 Å². The monoisotopic (exact) mass is 343 g/mol. The van der Waals surface area contributed by atoms with Crippen LogP contribution >= 0.6 is 0 Å². The van der Waals surface area contributed by atoms with Crippen LogP contribution in [0, 0.1) is 17.8 Å². The van der Waals surface area contributed by atoms with Gasteiger partial charge in [-0.2, -0.15) is 0 Å². The lowest BCUT2D eigenvalue weighted by atomic mass is 9.80. The largest absolute Gasteiger partial charge is 0.395 e. The van der Waals surface area contributed by atoms with Gasteiger partial charge in [0.05, 0.1) is 6.61 Å². The Labute approximate surface area is 152 Å². The summed E-state index contributed by atoms with van der Waals surface area (Å²) in [5.74, 6) is 2.01. The summed E-state index contributed by atoms with van der Waals surface area (Å²) < 4.78 is 0. The highest BCUT2D eigenvalue weighted by Crippen LogP contribution is 2.41. The third kappa shape index (κ3) is 3.32. The van der Waals surface area contributed by atoms with Gasteiger partial charge >= 0.3 is 0 Å². The molecule has 138 valence electrons. The van der Waals surface area contributed by atoms with Crippen molar-refractivity contribution in [3.05, 3.63) is 30.3 Å². The maximum absolute atomic E-state index is 9.91. The number of para-hydroxylation sites is 1. The Morgan fingerprint density at radius 1 is 1.08 bits per heavy atom. The molecule has 4 nitrogen and oxygen atoms in total. The second-order valence-electron chi connectivity index (χ2n) is 8.52. The Balaban J connectivity index is 1.45. The van der Waals surface area contributed by atoms with E-state index in [-0.39, 0.29) is 12.6 Å². The van der Waals surface area contributed by atoms with E-state index in [9.17, 15) is 5.11 Å². The van der Waals surface area contributed by atoms with Gasteiger partial charge in [-0.05, 0) is 69.7 Å². The maximum atomic E-state index is 9.91. The first kappa shape index (κ1) is 17.3. The molecule has 4 rings (SSSR count). The van der Waals surface area contributed by atoms with Crippen LogP contribution in [0.25, 0.3) is 0 Å². The van der Waals surface area contributed by atoms with Crippen LogP contribution in [0.3, 0.4) is 0 Å². The van der Waals surface area contributed by atoms with Crippen molar-refractivity contribution in [1.82, 2.24) is 10.2 Å². The van der Waals surface area contributed by atoms with E-state index < -0.39 is 0 Å². The predicted octanol–water partition coefficient (Wildman–Crippen LogP) is 2.19.